The van der Waals surface area contributed by atoms with Gasteiger partial charge in [0.2, 0.25) is 0 Å². The maximum atomic E-state index is 8.39. The van der Waals surface area contributed by atoms with Crippen molar-refractivity contribution in [2.24, 2.45) is 0 Å². The smallest absolute Gasteiger partial charge is 0.865 e. The third-order valence-corrected chi connectivity index (χ3v) is 0. The molecule has 0 N–H and O–H groups in total. The minimum atomic E-state index is 0. The average Bonchev–Trinajstić information content (AvgIpc) is 1.00. The van der Waals surface area contributed by atoms with Crippen LogP contribution in [0.15, 0.2) is 0 Å². The molecular weight excluding hydrogens is 86.1 g/mol. The van der Waals surface area contributed by atoms with Crippen LogP contribution in [-0.2, 0) is 0 Å². The van der Waals surface area contributed by atoms with Crippen LogP contribution in [0.25, 0.3) is 0 Å². The average molecular weight is 90.1 g/mol. The van der Waals surface area contributed by atoms with Crippen LogP contribution in [-0.4, -0.2) is 10.5 Å². The van der Waals surface area contributed by atoms with Crippen LogP contribution in [0.2, 0.25) is 0 Å². The van der Waals surface area contributed by atoms with Crippen molar-refractivity contribution >= 4 is 10.5 Å². The monoisotopic (exact) mass is 90.0 g/mol. The molecule has 0 spiro atoms. The van der Waals surface area contributed by atoms with Crippen LogP contribution in [0.4, 0.5) is 4.70 Å². The summed E-state index contributed by atoms with van der Waals surface area (Å²) in [5.74, 6) is 0. The van der Waals surface area contributed by atoms with Crippen molar-refractivity contribution in [2.45, 2.75) is 0 Å². The third-order valence-electron chi connectivity index (χ3n) is 0. The van der Waals surface area contributed by atoms with Gasteiger partial charge in [0.15, 0.2) is 0 Å². The van der Waals surface area contributed by atoms with Gasteiger partial charge in [-0.25, -0.2) is 0 Å². The second-order valence-corrected chi connectivity index (χ2v) is 0. The molecule has 0 rings (SSSR count). The predicted molar refractivity (Wildman–Crippen MR) is 12.4 cm³/mol. The standard InChI is InChI=1S/FH.Na.H3OSi/c;;1-2/h1H;;2H3/q;+1;-1. The van der Waals surface area contributed by atoms with Gasteiger partial charge in [0.25, 0.3) is 0 Å². The Kier molecular flexibility index (Phi) is 157. The van der Waals surface area contributed by atoms with Gasteiger partial charge in [-0.1, -0.05) is 10.5 Å². The van der Waals surface area contributed by atoms with E-state index < -0.39 is 0 Å². The van der Waals surface area contributed by atoms with Gasteiger partial charge >= 0.3 is 29.6 Å². The van der Waals surface area contributed by atoms with Gasteiger partial charge in [0, 0.05) is 0 Å². The Morgan fingerprint density at radius 3 is 1.25 bits per heavy atom. The first-order valence-electron chi connectivity index (χ1n) is 0.408. The van der Waals surface area contributed by atoms with Crippen molar-refractivity contribution in [1.82, 2.24) is 0 Å². The number of hydrogen-bond acceptors (Lipinski definition) is 1. The molecule has 4 heteroatoms. The molecule has 0 aliphatic rings. The molecule has 0 atom stereocenters. The summed E-state index contributed by atoms with van der Waals surface area (Å²) in [5.41, 5.74) is 0. The fourth-order valence-corrected chi connectivity index (χ4v) is 0. The summed E-state index contributed by atoms with van der Waals surface area (Å²) in [6, 6.07) is 0. The molecule has 0 aliphatic heterocycles. The minimum absolute atomic E-state index is 0. The SMILES string of the molecule is F.[Na+].[O-][SiH3]. The second-order valence-electron chi connectivity index (χ2n) is 0. The van der Waals surface area contributed by atoms with E-state index in [1.807, 2.05) is 0 Å². The van der Waals surface area contributed by atoms with E-state index in [1.54, 1.807) is 0 Å². The molecule has 0 fully saturated rings. The first-order chi connectivity index (χ1) is 1.00. The molecule has 22 valence electrons. The summed E-state index contributed by atoms with van der Waals surface area (Å²) in [6.45, 7) is 0. The van der Waals surface area contributed by atoms with Crippen molar-refractivity contribution in [1.29, 1.82) is 0 Å². The molecule has 4 heavy (non-hydrogen) atoms. The maximum absolute atomic E-state index is 8.39. The molecule has 0 heterocycles. The van der Waals surface area contributed by atoms with E-state index in [2.05, 4.69) is 0 Å². The van der Waals surface area contributed by atoms with E-state index in [4.69, 9.17) is 4.80 Å². The number of halogens is 1. The van der Waals surface area contributed by atoms with Crippen molar-refractivity contribution in [3.05, 3.63) is 0 Å². The first kappa shape index (κ1) is 19.4. The van der Waals surface area contributed by atoms with Crippen molar-refractivity contribution in [3.63, 3.8) is 0 Å². The minimum Gasteiger partial charge on any atom is -0.865 e. The Hall–Kier alpha value is 1.11. The molecule has 1 nitrogen and oxygen atoms in total. The third kappa shape index (κ3) is 11.3. The summed E-state index contributed by atoms with van der Waals surface area (Å²) in [7, 11) is 0.0556. The van der Waals surface area contributed by atoms with Crippen LogP contribution < -0.4 is 34.4 Å². The van der Waals surface area contributed by atoms with Crippen LogP contribution in [0.1, 0.15) is 0 Å². The summed E-state index contributed by atoms with van der Waals surface area (Å²) < 4.78 is 0. The van der Waals surface area contributed by atoms with Gasteiger partial charge in [0.05, 0.1) is 0 Å². The van der Waals surface area contributed by atoms with Crippen LogP contribution >= 0.6 is 0 Å². The van der Waals surface area contributed by atoms with E-state index in [1.165, 1.54) is 0 Å². The molecule has 0 aromatic heterocycles. The van der Waals surface area contributed by atoms with Gasteiger partial charge in [-0.2, -0.15) is 0 Å². The molecule has 0 aromatic rings. The fraction of sp³-hybridized carbons (Fsp3) is 0. The molecule has 0 bridgehead atoms. The van der Waals surface area contributed by atoms with E-state index in [0.29, 0.717) is 0 Å². The molecule has 0 radical (unpaired) electrons. The number of rotatable bonds is 0. The second kappa shape index (κ2) is 32.4. The van der Waals surface area contributed by atoms with Crippen LogP contribution in [0.5, 0.6) is 0 Å². The van der Waals surface area contributed by atoms with Gasteiger partial charge in [-0.15, -0.1) is 0 Å². The van der Waals surface area contributed by atoms with Gasteiger partial charge in [-0.3, -0.25) is 4.70 Å². The Morgan fingerprint density at radius 2 is 1.25 bits per heavy atom. The molecule has 0 saturated heterocycles. The summed E-state index contributed by atoms with van der Waals surface area (Å²) in [5, 5.41) is 0. The Bertz CT molecular complexity index is 8.00. The molecule has 0 saturated carbocycles. The maximum Gasteiger partial charge on any atom is 1.00 e. The van der Waals surface area contributed by atoms with E-state index in [-0.39, 0.29) is 44.7 Å². The zero-order valence-corrected chi connectivity index (χ0v) is 6.82. The Balaban J connectivity index is -0.00000000500. The predicted octanol–water partition coefficient (Wildman–Crippen LogP) is -5.22. The topological polar surface area (TPSA) is 23.1 Å². The first-order valence-corrected chi connectivity index (χ1v) is 1.22. The van der Waals surface area contributed by atoms with Crippen molar-refractivity contribution in [3.8, 4) is 0 Å². The quantitative estimate of drug-likeness (QED) is 0.273. The van der Waals surface area contributed by atoms with E-state index >= 15 is 0 Å². The van der Waals surface area contributed by atoms with Gasteiger partial charge < -0.3 is 4.80 Å². The molecule has 0 aromatic carbocycles. The normalized spacial score (nSPS) is 2.25. The Labute approximate surface area is 49.6 Å². The molecule has 0 aliphatic carbocycles. The van der Waals surface area contributed by atoms with E-state index in [0.717, 1.165) is 0 Å². The zero-order chi connectivity index (χ0) is 2.00. The molecular formula is H4FNaOSi. The van der Waals surface area contributed by atoms with Crippen LogP contribution in [0.3, 0.4) is 0 Å². The van der Waals surface area contributed by atoms with Crippen molar-refractivity contribution < 1.29 is 39.1 Å². The fourth-order valence-electron chi connectivity index (χ4n) is 0. The summed E-state index contributed by atoms with van der Waals surface area (Å²) >= 11 is 0. The summed E-state index contributed by atoms with van der Waals surface area (Å²) in [4.78, 5) is 8.39. The molecule has 0 unspecified atom stereocenters. The summed E-state index contributed by atoms with van der Waals surface area (Å²) in [6.07, 6.45) is 0. The zero-order valence-electron chi connectivity index (χ0n) is 2.82. The number of hydrogen-bond donors (Lipinski definition) is 0. The Morgan fingerprint density at radius 1 is 1.25 bits per heavy atom. The largest absolute Gasteiger partial charge is 1.00 e. The van der Waals surface area contributed by atoms with E-state index in [9.17, 15) is 0 Å². The van der Waals surface area contributed by atoms with Gasteiger partial charge in [-0.05, 0) is 0 Å². The van der Waals surface area contributed by atoms with Crippen molar-refractivity contribution in [2.75, 3.05) is 0 Å². The molecule has 0 amide bonds. The van der Waals surface area contributed by atoms with Crippen LogP contribution in [0, 0.1) is 0 Å². The van der Waals surface area contributed by atoms with Gasteiger partial charge in [0.1, 0.15) is 0 Å².